The summed E-state index contributed by atoms with van der Waals surface area (Å²) >= 11 is 0. The van der Waals surface area contributed by atoms with E-state index in [0.717, 1.165) is 11.1 Å². The third-order valence-corrected chi connectivity index (χ3v) is 2.07. The quantitative estimate of drug-likeness (QED) is 0.678. The van der Waals surface area contributed by atoms with Crippen LogP contribution in [0.3, 0.4) is 0 Å². The van der Waals surface area contributed by atoms with E-state index in [1.807, 2.05) is 0 Å². The van der Waals surface area contributed by atoms with Gasteiger partial charge in [-0.3, -0.25) is 9.52 Å². The maximum atomic E-state index is 11.2. The summed E-state index contributed by atoms with van der Waals surface area (Å²) in [4.78, 5) is 12.3. The molecular formula is C7H13N5O3S. The highest BCUT2D eigenvalue weighted by Gasteiger charge is 2.08. The summed E-state index contributed by atoms with van der Waals surface area (Å²) in [5, 5.41) is 10.1. The Morgan fingerprint density at radius 3 is 2.81 bits per heavy atom. The topological polar surface area (TPSA) is 106 Å². The third-order valence-electron chi connectivity index (χ3n) is 1.49. The molecule has 1 aromatic heterocycles. The number of aromatic nitrogens is 3. The number of likely N-dealkylation sites (N-methyl/N-ethyl adjacent to an activating group) is 1. The standard InChI is InChI=1S/C7H13N5O3S/c1-3-8-7(13)5-12-9-4-6(10-12)11-16(2,14)15/h4H,3,5H2,1-2H3,(H,8,13)(H,10,11). The average Bonchev–Trinajstić information content (AvgIpc) is 2.49. The molecule has 0 saturated carbocycles. The van der Waals surface area contributed by atoms with Gasteiger partial charge in [0.15, 0.2) is 5.82 Å². The van der Waals surface area contributed by atoms with Gasteiger partial charge in [0.2, 0.25) is 15.9 Å². The van der Waals surface area contributed by atoms with Crippen molar-refractivity contribution in [1.82, 2.24) is 20.3 Å². The van der Waals surface area contributed by atoms with Gasteiger partial charge in [-0.05, 0) is 6.92 Å². The molecule has 1 amide bonds. The Bertz CT molecular complexity index is 466. The predicted molar refractivity (Wildman–Crippen MR) is 57.2 cm³/mol. The molecule has 9 heteroatoms. The van der Waals surface area contributed by atoms with Crippen molar-refractivity contribution in [3.63, 3.8) is 0 Å². The van der Waals surface area contributed by atoms with Crippen molar-refractivity contribution in [3.05, 3.63) is 6.20 Å². The maximum absolute atomic E-state index is 11.2. The van der Waals surface area contributed by atoms with E-state index >= 15 is 0 Å². The SMILES string of the molecule is CCNC(=O)Cn1ncc(NS(C)(=O)=O)n1. The highest BCUT2D eigenvalue weighted by Crippen LogP contribution is 2.00. The number of hydrogen-bond acceptors (Lipinski definition) is 5. The monoisotopic (exact) mass is 247 g/mol. The summed E-state index contributed by atoms with van der Waals surface area (Å²) in [7, 11) is -3.37. The average molecular weight is 247 g/mol. The van der Waals surface area contributed by atoms with Crippen molar-refractivity contribution < 1.29 is 13.2 Å². The Kier molecular flexibility index (Phi) is 3.82. The number of sulfonamides is 1. The molecule has 1 aromatic rings. The van der Waals surface area contributed by atoms with Gasteiger partial charge in [-0.15, -0.1) is 5.10 Å². The summed E-state index contributed by atoms with van der Waals surface area (Å²) < 4.78 is 23.9. The van der Waals surface area contributed by atoms with Crippen LogP contribution in [-0.2, 0) is 21.4 Å². The first-order chi connectivity index (χ1) is 7.40. The molecule has 0 aliphatic rings. The maximum Gasteiger partial charge on any atom is 0.243 e. The molecule has 0 aliphatic carbocycles. The van der Waals surface area contributed by atoms with E-state index in [1.54, 1.807) is 6.92 Å². The van der Waals surface area contributed by atoms with Crippen molar-refractivity contribution in [2.45, 2.75) is 13.5 Å². The van der Waals surface area contributed by atoms with Gasteiger partial charge < -0.3 is 5.32 Å². The Hall–Kier alpha value is -1.64. The second-order valence-electron chi connectivity index (χ2n) is 3.09. The molecule has 0 radical (unpaired) electrons. The number of carbonyl (C=O) groups is 1. The molecular weight excluding hydrogens is 234 g/mol. The zero-order chi connectivity index (χ0) is 12.2. The molecule has 0 bridgehead atoms. The summed E-state index contributed by atoms with van der Waals surface area (Å²) in [5.74, 6) is -0.143. The molecule has 0 fully saturated rings. The molecule has 0 aromatic carbocycles. The second kappa shape index (κ2) is 4.92. The van der Waals surface area contributed by atoms with Crippen LogP contribution in [0.25, 0.3) is 0 Å². The van der Waals surface area contributed by atoms with Crippen molar-refractivity contribution in [3.8, 4) is 0 Å². The lowest BCUT2D eigenvalue weighted by molar-refractivity contribution is -0.121. The van der Waals surface area contributed by atoms with Crippen LogP contribution in [0, 0.1) is 0 Å². The van der Waals surface area contributed by atoms with Crippen molar-refractivity contribution in [1.29, 1.82) is 0 Å². The van der Waals surface area contributed by atoms with Gasteiger partial charge in [-0.1, -0.05) is 0 Å². The molecule has 0 atom stereocenters. The minimum atomic E-state index is -3.37. The van der Waals surface area contributed by atoms with Gasteiger partial charge in [0.25, 0.3) is 0 Å². The first-order valence-corrected chi connectivity index (χ1v) is 6.44. The Morgan fingerprint density at radius 2 is 2.25 bits per heavy atom. The molecule has 90 valence electrons. The van der Waals surface area contributed by atoms with Gasteiger partial charge >= 0.3 is 0 Å². The molecule has 0 unspecified atom stereocenters. The van der Waals surface area contributed by atoms with Crippen molar-refractivity contribution in [2.24, 2.45) is 0 Å². The number of amides is 1. The third kappa shape index (κ3) is 4.26. The van der Waals surface area contributed by atoms with Crippen molar-refractivity contribution >= 4 is 21.7 Å². The minimum Gasteiger partial charge on any atom is -0.355 e. The molecule has 1 heterocycles. The Morgan fingerprint density at radius 1 is 1.56 bits per heavy atom. The lowest BCUT2D eigenvalue weighted by Gasteiger charge is -2.00. The normalized spacial score (nSPS) is 11.1. The molecule has 8 nitrogen and oxygen atoms in total. The van der Waals surface area contributed by atoms with Gasteiger partial charge in [0, 0.05) is 6.54 Å². The van der Waals surface area contributed by atoms with E-state index in [2.05, 4.69) is 20.2 Å². The van der Waals surface area contributed by atoms with E-state index in [4.69, 9.17) is 0 Å². The van der Waals surface area contributed by atoms with E-state index in [9.17, 15) is 13.2 Å². The summed E-state index contributed by atoms with van der Waals surface area (Å²) in [6, 6.07) is 0. The van der Waals surface area contributed by atoms with Gasteiger partial charge in [-0.25, -0.2) is 8.42 Å². The minimum absolute atomic E-state index is 0.0424. The van der Waals surface area contributed by atoms with Crippen LogP contribution in [0.2, 0.25) is 0 Å². The smallest absolute Gasteiger partial charge is 0.243 e. The highest BCUT2D eigenvalue weighted by atomic mass is 32.2. The summed E-state index contributed by atoms with van der Waals surface area (Å²) in [6.07, 6.45) is 2.25. The molecule has 2 N–H and O–H groups in total. The largest absolute Gasteiger partial charge is 0.355 e. The molecule has 16 heavy (non-hydrogen) atoms. The Balaban J connectivity index is 2.62. The van der Waals surface area contributed by atoms with E-state index in [0.29, 0.717) is 6.54 Å². The fourth-order valence-corrected chi connectivity index (χ4v) is 1.47. The molecule has 0 spiro atoms. The number of carbonyl (C=O) groups excluding carboxylic acids is 1. The Labute approximate surface area is 93.1 Å². The molecule has 0 aliphatic heterocycles. The molecule has 1 rings (SSSR count). The first kappa shape index (κ1) is 12.4. The first-order valence-electron chi connectivity index (χ1n) is 4.55. The van der Waals surface area contributed by atoms with Crippen LogP contribution in [0.15, 0.2) is 6.20 Å². The van der Waals surface area contributed by atoms with Crippen LogP contribution in [0.1, 0.15) is 6.92 Å². The number of nitrogens with one attached hydrogen (secondary N) is 2. The second-order valence-corrected chi connectivity index (χ2v) is 4.84. The van der Waals surface area contributed by atoms with Gasteiger partial charge in [0.05, 0.1) is 12.5 Å². The zero-order valence-corrected chi connectivity index (χ0v) is 9.78. The fourth-order valence-electron chi connectivity index (χ4n) is 0.992. The number of anilines is 1. The van der Waals surface area contributed by atoms with E-state index in [1.165, 1.54) is 6.20 Å². The fraction of sp³-hybridized carbons (Fsp3) is 0.571. The summed E-state index contributed by atoms with van der Waals surface area (Å²) in [6.45, 7) is 2.28. The lowest BCUT2D eigenvalue weighted by Crippen LogP contribution is -2.28. The summed E-state index contributed by atoms with van der Waals surface area (Å²) in [5.41, 5.74) is 0. The predicted octanol–water partition coefficient (Wildman–Crippen LogP) is -1.21. The van der Waals surface area contributed by atoms with Crippen LogP contribution < -0.4 is 10.0 Å². The highest BCUT2D eigenvalue weighted by molar-refractivity contribution is 7.92. The van der Waals surface area contributed by atoms with E-state index < -0.39 is 10.0 Å². The number of nitrogens with zero attached hydrogens (tertiary/aromatic N) is 3. The van der Waals surface area contributed by atoms with Crippen LogP contribution in [0.5, 0.6) is 0 Å². The zero-order valence-electron chi connectivity index (χ0n) is 8.97. The van der Waals surface area contributed by atoms with Crippen LogP contribution >= 0.6 is 0 Å². The lowest BCUT2D eigenvalue weighted by atomic mass is 10.6. The number of hydrogen-bond donors (Lipinski definition) is 2. The number of rotatable bonds is 5. The van der Waals surface area contributed by atoms with E-state index in [-0.39, 0.29) is 18.3 Å². The van der Waals surface area contributed by atoms with Gasteiger partial charge in [-0.2, -0.15) is 9.90 Å². The van der Waals surface area contributed by atoms with Crippen molar-refractivity contribution in [2.75, 3.05) is 17.5 Å². The van der Waals surface area contributed by atoms with Crippen LogP contribution in [-0.4, -0.2) is 42.1 Å². The molecule has 0 saturated heterocycles. The van der Waals surface area contributed by atoms with Gasteiger partial charge in [0.1, 0.15) is 6.54 Å². The van der Waals surface area contributed by atoms with Crippen LogP contribution in [0.4, 0.5) is 5.82 Å².